The first-order valence-electron chi connectivity index (χ1n) is 6.70. The fourth-order valence-corrected chi connectivity index (χ4v) is 3.19. The molecule has 1 amide bonds. The van der Waals surface area contributed by atoms with Gasteiger partial charge in [-0.3, -0.25) is 14.7 Å². The Morgan fingerprint density at radius 2 is 2.24 bits per heavy atom. The lowest BCUT2D eigenvalue weighted by molar-refractivity contribution is -0.117. The van der Waals surface area contributed by atoms with Crippen LogP contribution in [0.2, 0.25) is 0 Å². The van der Waals surface area contributed by atoms with Gasteiger partial charge in [0.05, 0.1) is 0 Å². The first kappa shape index (κ1) is 15.9. The summed E-state index contributed by atoms with van der Waals surface area (Å²) < 4.78 is 0. The van der Waals surface area contributed by atoms with Crippen molar-refractivity contribution in [2.75, 3.05) is 17.7 Å². The van der Waals surface area contributed by atoms with Gasteiger partial charge in [-0.2, -0.15) is 11.8 Å². The van der Waals surface area contributed by atoms with Crippen LogP contribution in [0.25, 0.3) is 10.6 Å². The average Bonchev–Trinajstić information content (AvgIpc) is 2.96. The maximum atomic E-state index is 12.1. The van der Waals surface area contributed by atoms with Crippen LogP contribution in [0, 0.1) is 0 Å². The van der Waals surface area contributed by atoms with Crippen molar-refractivity contribution in [1.29, 1.82) is 0 Å². The SMILES string of the molecule is CC(C)SCCC(=O)N(C)c1nnc(-c2cccnc2)s1. The van der Waals surface area contributed by atoms with Gasteiger partial charge < -0.3 is 0 Å². The van der Waals surface area contributed by atoms with E-state index in [9.17, 15) is 4.79 Å². The van der Waals surface area contributed by atoms with Crippen molar-refractivity contribution >= 4 is 34.1 Å². The maximum Gasteiger partial charge on any atom is 0.229 e. The summed E-state index contributed by atoms with van der Waals surface area (Å²) in [4.78, 5) is 17.8. The minimum Gasteiger partial charge on any atom is -0.290 e. The van der Waals surface area contributed by atoms with E-state index in [2.05, 4.69) is 29.0 Å². The molecule has 0 aliphatic carbocycles. The third-order valence-corrected chi connectivity index (χ3v) is 4.91. The Morgan fingerprint density at radius 3 is 2.90 bits per heavy atom. The molecular weight excluding hydrogens is 304 g/mol. The third kappa shape index (κ3) is 4.50. The van der Waals surface area contributed by atoms with E-state index in [4.69, 9.17) is 0 Å². The van der Waals surface area contributed by atoms with E-state index in [0.717, 1.165) is 16.3 Å². The molecule has 0 aromatic carbocycles. The van der Waals surface area contributed by atoms with Crippen LogP contribution < -0.4 is 4.90 Å². The number of rotatable bonds is 6. The van der Waals surface area contributed by atoms with Crippen LogP contribution >= 0.6 is 23.1 Å². The highest BCUT2D eigenvalue weighted by atomic mass is 32.2. The number of carbonyl (C=O) groups is 1. The maximum absolute atomic E-state index is 12.1. The zero-order valence-corrected chi connectivity index (χ0v) is 13.9. The summed E-state index contributed by atoms with van der Waals surface area (Å²) >= 11 is 3.18. The van der Waals surface area contributed by atoms with Crippen LogP contribution in [-0.2, 0) is 4.79 Å². The summed E-state index contributed by atoms with van der Waals surface area (Å²) in [6.45, 7) is 4.26. The van der Waals surface area contributed by atoms with E-state index in [1.54, 1.807) is 36.1 Å². The van der Waals surface area contributed by atoms with E-state index in [-0.39, 0.29) is 5.91 Å². The van der Waals surface area contributed by atoms with Crippen molar-refractivity contribution in [3.05, 3.63) is 24.5 Å². The molecule has 0 aliphatic rings. The number of anilines is 1. The topological polar surface area (TPSA) is 59.0 Å². The number of amides is 1. The minimum atomic E-state index is 0.0667. The summed E-state index contributed by atoms with van der Waals surface area (Å²) in [5, 5.41) is 10.2. The molecule has 2 rings (SSSR count). The molecule has 7 heteroatoms. The predicted molar refractivity (Wildman–Crippen MR) is 88.8 cm³/mol. The number of carbonyl (C=O) groups excluding carboxylic acids is 1. The molecule has 112 valence electrons. The van der Waals surface area contributed by atoms with E-state index < -0.39 is 0 Å². The Labute approximate surface area is 132 Å². The van der Waals surface area contributed by atoms with Gasteiger partial charge in [0.25, 0.3) is 0 Å². The van der Waals surface area contributed by atoms with Crippen molar-refractivity contribution in [1.82, 2.24) is 15.2 Å². The molecular formula is C14H18N4OS2. The predicted octanol–water partition coefficient (Wildman–Crippen LogP) is 3.09. The summed E-state index contributed by atoms with van der Waals surface area (Å²) in [7, 11) is 1.75. The number of hydrogen-bond acceptors (Lipinski definition) is 6. The summed E-state index contributed by atoms with van der Waals surface area (Å²) in [6, 6.07) is 3.78. The Hall–Kier alpha value is -1.47. The van der Waals surface area contributed by atoms with Crippen molar-refractivity contribution in [3.8, 4) is 10.6 Å². The number of nitrogens with zero attached hydrogens (tertiary/aromatic N) is 4. The van der Waals surface area contributed by atoms with Gasteiger partial charge in [0.1, 0.15) is 0 Å². The van der Waals surface area contributed by atoms with Crippen molar-refractivity contribution < 1.29 is 4.79 Å². The van der Waals surface area contributed by atoms with Gasteiger partial charge in [-0.05, 0) is 17.4 Å². The lowest BCUT2D eigenvalue weighted by Crippen LogP contribution is -2.26. The van der Waals surface area contributed by atoms with Crippen LogP contribution in [-0.4, -0.2) is 39.1 Å². The largest absolute Gasteiger partial charge is 0.290 e. The molecule has 0 spiro atoms. The zero-order chi connectivity index (χ0) is 15.2. The van der Waals surface area contributed by atoms with Gasteiger partial charge in [-0.1, -0.05) is 25.2 Å². The van der Waals surface area contributed by atoms with E-state index >= 15 is 0 Å². The van der Waals surface area contributed by atoms with Gasteiger partial charge >= 0.3 is 0 Å². The highest BCUT2D eigenvalue weighted by molar-refractivity contribution is 7.99. The molecule has 2 aromatic heterocycles. The van der Waals surface area contributed by atoms with Crippen LogP contribution in [0.3, 0.4) is 0 Å². The van der Waals surface area contributed by atoms with Gasteiger partial charge in [0.15, 0.2) is 5.01 Å². The minimum absolute atomic E-state index is 0.0667. The van der Waals surface area contributed by atoms with E-state index in [0.29, 0.717) is 16.8 Å². The normalized spacial score (nSPS) is 10.9. The molecule has 0 radical (unpaired) electrons. The molecule has 0 bridgehead atoms. The highest BCUT2D eigenvalue weighted by Gasteiger charge is 2.16. The van der Waals surface area contributed by atoms with Gasteiger partial charge in [-0.15, -0.1) is 10.2 Å². The molecule has 0 N–H and O–H groups in total. The number of aromatic nitrogens is 3. The lowest BCUT2D eigenvalue weighted by Gasteiger charge is -2.13. The molecule has 0 unspecified atom stereocenters. The lowest BCUT2D eigenvalue weighted by atomic mass is 10.3. The van der Waals surface area contributed by atoms with Crippen LogP contribution in [0.15, 0.2) is 24.5 Å². The van der Waals surface area contributed by atoms with Gasteiger partial charge in [0.2, 0.25) is 11.0 Å². The molecule has 0 saturated carbocycles. The molecule has 2 heterocycles. The summed E-state index contributed by atoms with van der Waals surface area (Å²) in [5.41, 5.74) is 0.914. The Kier molecular flexibility index (Phi) is 5.69. The monoisotopic (exact) mass is 322 g/mol. The van der Waals surface area contributed by atoms with Crippen LogP contribution in [0.4, 0.5) is 5.13 Å². The first-order chi connectivity index (χ1) is 10.1. The Bertz CT molecular complexity index is 586. The fourth-order valence-electron chi connectivity index (χ4n) is 1.61. The quantitative estimate of drug-likeness (QED) is 0.818. The molecule has 0 atom stereocenters. The zero-order valence-electron chi connectivity index (χ0n) is 12.3. The Morgan fingerprint density at radius 1 is 1.43 bits per heavy atom. The summed E-state index contributed by atoms with van der Waals surface area (Å²) in [6.07, 6.45) is 3.97. The standard InChI is InChI=1S/C14H18N4OS2/c1-10(2)20-8-6-12(19)18(3)14-17-16-13(21-14)11-5-4-7-15-9-11/h4-5,7,9-10H,6,8H2,1-3H3. The smallest absolute Gasteiger partial charge is 0.229 e. The highest BCUT2D eigenvalue weighted by Crippen LogP contribution is 2.27. The third-order valence-electron chi connectivity index (χ3n) is 2.75. The number of hydrogen-bond donors (Lipinski definition) is 0. The second-order valence-corrected chi connectivity index (χ2v) is 7.39. The second-order valence-electron chi connectivity index (χ2n) is 4.75. The average molecular weight is 322 g/mol. The number of thioether (sulfide) groups is 1. The van der Waals surface area contributed by atoms with Gasteiger partial charge in [-0.25, -0.2) is 0 Å². The van der Waals surface area contributed by atoms with Crippen molar-refractivity contribution in [2.45, 2.75) is 25.5 Å². The molecule has 2 aromatic rings. The van der Waals surface area contributed by atoms with Crippen LogP contribution in [0.5, 0.6) is 0 Å². The summed E-state index contributed by atoms with van der Waals surface area (Å²) in [5.74, 6) is 0.895. The first-order valence-corrected chi connectivity index (χ1v) is 8.56. The van der Waals surface area contributed by atoms with Crippen LogP contribution in [0.1, 0.15) is 20.3 Å². The second kappa shape index (κ2) is 7.51. The molecule has 0 aliphatic heterocycles. The Balaban J connectivity index is 1.99. The van der Waals surface area contributed by atoms with E-state index in [1.807, 2.05) is 12.1 Å². The number of pyridine rings is 1. The van der Waals surface area contributed by atoms with Gasteiger partial charge in [0, 0.05) is 37.2 Å². The molecule has 5 nitrogen and oxygen atoms in total. The molecule has 21 heavy (non-hydrogen) atoms. The van der Waals surface area contributed by atoms with Crippen molar-refractivity contribution in [2.24, 2.45) is 0 Å². The van der Waals surface area contributed by atoms with Crippen molar-refractivity contribution in [3.63, 3.8) is 0 Å². The van der Waals surface area contributed by atoms with E-state index in [1.165, 1.54) is 11.3 Å². The molecule has 0 saturated heterocycles. The fraction of sp³-hybridized carbons (Fsp3) is 0.429. The molecule has 0 fully saturated rings.